The van der Waals surface area contributed by atoms with E-state index in [1.54, 1.807) is 6.08 Å². The molecule has 0 spiro atoms. The SMILES string of the molecule is C=C/C=C\C=C/CCNCc1ccc(CNCC(=C)CC/C=C\C)cc1C. The van der Waals surface area contributed by atoms with Gasteiger partial charge in [-0.3, -0.25) is 0 Å². The van der Waals surface area contributed by atoms with Gasteiger partial charge in [-0.05, 0) is 56.3 Å². The Hall–Kier alpha value is -2.16. The second-order valence-corrected chi connectivity index (χ2v) is 6.74. The molecule has 1 rings (SSSR count). The van der Waals surface area contributed by atoms with Crippen molar-refractivity contribution in [2.45, 2.75) is 46.2 Å². The first kappa shape index (κ1) is 22.9. The topological polar surface area (TPSA) is 24.1 Å². The molecule has 0 atom stereocenters. The average molecular weight is 365 g/mol. The fraction of sp³-hybridized carbons (Fsp3) is 0.360. The molecular weight excluding hydrogens is 328 g/mol. The van der Waals surface area contributed by atoms with Gasteiger partial charge < -0.3 is 10.6 Å². The Kier molecular flexibility index (Phi) is 12.7. The van der Waals surface area contributed by atoms with Crippen LogP contribution in [0.3, 0.4) is 0 Å². The summed E-state index contributed by atoms with van der Waals surface area (Å²) in [5.74, 6) is 0. The highest BCUT2D eigenvalue weighted by atomic mass is 14.9. The molecule has 0 aliphatic carbocycles. The summed E-state index contributed by atoms with van der Waals surface area (Å²) in [6.07, 6.45) is 17.4. The van der Waals surface area contributed by atoms with E-state index in [9.17, 15) is 0 Å². The normalized spacial score (nSPS) is 11.8. The molecule has 1 aromatic rings. The highest BCUT2D eigenvalue weighted by Crippen LogP contribution is 2.11. The van der Waals surface area contributed by atoms with Crippen molar-refractivity contribution in [2.75, 3.05) is 13.1 Å². The predicted octanol–water partition coefficient (Wildman–Crippen LogP) is 5.78. The third-order valence-corrected chi connectivity index (χ3v) is 4.31. The molecule has 0 bridgehead atoms. The van der Waals surface area contributed by atoms with Gasteiger partial charge >= 0.3 is 0 Å². The van der Waals surface area contributed by atoms with Gasteiger partial charge in [0.15, 0.2) is 0 Å². The summed E-state index contributed by atoms with van der Waals surface area (Å²) in [6.45, 7) is 15.7. The Morgan fingerprint density at radius 3 is 2.63 bits per heavy atom. The van der Waals surface area contributed by atoms with E-state index < -0.39 is 0 Å². The van der Waals surface area contributed by atoms with Crippen molar-refractivity contribution < 1.29 is 0 Å². The maximum absolute atomic E-state index is 4.14. The van der Waals surface area contributed by atoms with Crippen molar-refractivity contribution in [3.63, 3.8) is 0 Å². The number of benzene rings is 1. The summed E-state index contributed by atoms with van der Waals surface area (Å²) in [7, 11) is 0. The van der Waals surface area contributed by atoms with Gasteiger partial charge in [-0.1, -0.05) is 79.5 Å². The summed E-state index contributed by atoms with van der Waals surface area (Å²) in [6, 6.07) is 6.75. The molecule has 0 radical (unpaired) electrons. The molecule has 0 aliphatic rings. The van der Waals surface area contributed by atoms with E-state index in [2.05, 4.69) is 80.1 Å². The molecule has 0 fully saturated rings. The summed E-state index contributed by atoms with van der Waals surface area (Å²) in [5.41, 5.74) is 5.30. The lowest BCUT2D eigenvalue weighted by molar-refractivity contribution is 0.690. The fourth-order valence-corrected chi connectivity index (χ4v) is 2.72. The number of hydrogen-bond acceptors (Lipinski definition) is 2. The predicted molar refractivity (Wildman–Crippen MR) is 121 cm³/mol. The lowest BCUT2D eigenvalue weighted by Crippen LogP contribution is -2.17. The molecule has 2 heteroatoms. The van der Waals surface area contributed by atoms with Crippen molar-refractivity contribution >= 4 is 0 Å². The summed E-state index contributed by atoms with van der Waals surface area (Å²) >= 11 is 0. The minimum atomic E-state index is 0.884. The molecule has 0 saturated heterocycles. The zero-order chi connectivity index (χ0) is 19.7. The van der Waals surface area contributed by atoms with Gasteiger partial charge in [-0.25, -0.2) is 0 Å². The quantitative estimate of drug-likeness (QED) is 0.248. The van der Waals surface area contributed by atoms with Crippen molar-refractivity contribution in [3.05, 3.63) is 96.2 Å². The average Bonchev–Trinajstić information content (AvgIpc) is 2.65. The van der Waals surface area contributed by atoms with Crippen LogP contribution >= 0.6 is 0 Å². The monoisotopic (exact) mass is 364 g/mol. The van der Waals surface area contributed by atoms with Crippen LogP contribution in [0.4, 0.5) is 0 Å². The lowest BCUT2D eigenvalue weighted by Gasteiger charge is -2.11. The Bertz CT molecular complexity index is 650. The van der Waals surface area contributed by atoms with Crippen LogP contribution in [0.1, 0.15) is 42.9 Å². The molecule has 2 N–H and O–H groups in total. The van der Waals surface area contributed by atoms with E-state index in [0.717, 1.165) is 45.4 Å². The smallest absolute Gasteiger partial charge is 0.0208 e. The van der Waals surface area contributed by atoms with E-state index >= 15 is 0 Å². The standard InChI is InChI=1S/C25H36N2/c1-5-7-9-10-11-13-17-26-21-25-16-15-24(18-23(25)4)20-27-19-22(3)14-12-8-6-2/h5-11,15-16,18,26-27H,1,3,12-14,17,19-21H2,2,4H3/b8-6-,9-7-,11-10-. The number of nitrogens with one attached hydrogen (secondary N) is 2. The molecule has 27 heavy (non-hydrogen) atoms. The molecular formula is C25H36N2. The van der Waals surface area contributed by atoms with Crippen molar-refractivity contribution in [1.82, 2.24) is 10.6 Å². The molecule has 0 heterocycles. The number of aryl methyl sites for hydroxylation is 1. The Morgan fingerprint density at radius 1 is 1.04 bits per heavy atom. The van der Waals surface area contributed by atoms with Crippen molar-refractivity contribution in [1.29, 1.82) is 0 Å². The van der Waals surface area contributed by atoms with E-state index in [0.29, 0.717) is 0 Å². The second-order valence-electron chi connectivity index (χ2n) is 6.74. The molecule has 1 aromatic carbocycles. The lowest BCUT2D eigenvalue weighted by atomic mass is 10.0. The van der Waals surface area contributed by atoms with Crippen LogP contribution in [-0.2, 0) is 13.1 Å². The second kappa shape index (κ2) is 15.0. The fourth-order valence-electron chi connectivity index (χ4n) is 2.72. The molecule has 0 aromatic heterocycles. The zero-order valence-corrected chi connectivity index (χ0v) is 17.1. The van der Waals surface area contributed by atoms with Gasteiger partial charge in [0.1, 0.15) is 0 Å². The first-order valence-electron chi connectivity index (χ1n) is 9.89. The molecule has 0 unspecified atom stereocenters. The number of hydrogen-bond donors (Lipinski definition) is 2. The van der Waals surface area contributed by atoms with Crippen LogP contribution in [0, 0.1) is 6.92 Å². The summed E-state index contributed by atoms with van der Waals surface area (Å²) in [5, 5.41) is 7.00. The van der Waals surface area contributed by atoms with E-state index in [1.807, 2.05) is 12.2 Å². The van der Waals surface area contributed by atoms with Crippen LogP contribution in [0.15, 0.2) is 79.5 Å². The van der Waals surface area contributed by atoms with E-state index in [-0.39, 0.29) is 0 Å². The van der Waals surface area contributed by atoms with Gasteiger partial charge in [0.05, 0.1) is 0 Å². The molecule has 0 amide bonds. The Labute approximate surface area is 166 Å². The maximum atomic E-state index is 4.14. The first-order valence-corrected chi connectivity index (χ1v) is 9.89. The third kappa shape index (κ3) is 11.2. The Balaban J connectivity index is 2.28. The van der Waals surface area contributed by atoms with Gasteiger partial charge in [0.25, 0.3) is 0 Å². The molecule has 146 valence electrons. The van der Waals surface area contributed by atoms with Crippen molar-refractivity contribution in [3.8, 4) is 0 Å². The van der Waals surface area contributed by atoms with Crippen LogP contribution in [0.2, 0.25) is 0 Å². The molecule has 0 aliphatic heterocycles. The van der Waals surface area contributed by atoms with Crippen LogP contribution < -0.4 is 10.6 Å². The number of rotatable bonds is 14. The largest absolute Gasteiger partial charge is 0.312 e. The van der Waals surface area contributed by atoms with Gasteiger partial charge in [-0.15, -0.1) is 0 Å². The zero-order valence-electron chi connectivity index (χ0n) is 17.1. The summed E-state index contributed by atoms with van der Waals surface area (Å²) < 4.78 is 0. The minimum absolute atomic E-state index is 0.884. The van der Waals surface area contributed by atoms with Gasteiger partial charge in [0.2, 0.25) is 0 Å². The van der Waals surface area contributed by atoms with Crippen LogP contribution in [0.25, 0.3) is 0 Å². The minimum Gasteiger partial charge on any atom is -0.312 e. The van der Waals surface area contributed by atoms with Crippen LogP contribution in [-0.4, -0.2) is 13.1 Å². The first-order chi connectivity index (χ1) is 13.2. The highest BCUT2D eigenvalue weighted by molar-refractivity contribution is 5.31. The van der Waals surface area contributed by atoms with Crippen LogP contribution in [0.5, 0.6) is 0 Å². The van der Waals surface area contributed by atoms with E-state index in [1.165, 1.54) is 22.3 Å². The molecule has 0 saturated carbocycles. The highest BCUT2D eigenvalue weighted by Gasteiger charge is 2.01. The van der Waals surface area contributed by atoms with Gasteiger partial charge in [-0.2, -0.15) is 0 Å². The van der Waals surface area contributed by atoms with Gasteiger partial charge in [0, 0.05) is 19.6 Å². The maximum Gasteiger partial charge on any atom is 0.0208 e. The van der Waals surface area contributed by atoms with E-state index in [4.69, 9.17) is 0 Å². The summed E-state index contributed by atoms with van der Waals surface area (Å²) in [4.78, 5) is 0. The molecule has 2 nitrogen and oxygen atoms in total. The van der Waals surface area contributed by atoms with Crippen molar-refractivity contribution in [2.24, 2.45) is 0 Å². The Morgan fingerprint density at radius 2 is 1.89 bits per heavy atom. The number of allylic oxidation sites excluding steroid dienone is 6. The third-order valence-electron chi connectivity index (χ3n) is 4.31.